The van der Waals surface area contributed by atoms with E-state index in [9.17, 15) is 23.5 Å². The van der Waals surface area contributed by atoms with Crippen LogP contribution >= 0.6 is 0 Å². The molecule has 1 aliphatic rings. The zero-order valence-electron chi connectivity index (χ0n) is 15.7. The molecule has 0 saturated carbocycles. The number of aliphatic hydroxyl groups excluding tert-OH is 1. The minimum atomic E-state index is -3.41. The average molecular weight is 405 g/mol. The van der Waals surface area contributed by atoms with Gasteiger partial charge in [-0.25, -0.2) is 13.6 Å². The van der Waals surface area contributed by atoms with Crippen LogP contribution in [0.15, 0.2) is 60.0 Å². The molecule has 0 spiro atoms. The summed E-state index contributed by atoms with van der Waals surface area (Å²) >= 11 is 0. The topological polar surface area (TPSA) is 93.4 Å². The van der Waals surface area contributed by atoms with Crippen molar-refractivity contribution in [3.05, 3.63) is 71.3 Å². The van der Waals surface area contributed by atoms with Crippen LogP contribution in [0.25, 0.3) is 0 Å². The Balaban J connectivity index is 1.82. The van der Waals surface area contributed by atoms with E-state index in [1.54, 1.807) is 30.3 Å². The molecule has 1 aliphatic heterocycles. The summed E-state index contributed by atoms with van der Waals surface area (Å²) in [4.78, 5) is 28.2. The molecule has 2 heterocycles. The minimum absolute atomic E-state index is 0.0716. The van der Waals surface area contributed by atoms with Crippen molar-refractivity contribution < 1.29 is 23.4 Å². The van der Waals surface area contributed by atoms with Gasteiger partial charge in [-0.1, -0.05) is 31.2 Å². The fraction of sp³-hybridized carbons (Fsp3) is 0.350. The Labute approximate surface area is 165 Å². The Morgan fingerprint density at radius 1 is 1.41 bits per heavy atom. The lowest BCUT2D eigenvalue weighted by Crippen LogP contribution is -2.38. The van der Waals surface area contributed by atoms with Crippen LogP contribution in [0.4, 0.5) is 14.6 Å². The molecule has 29 heavy (non-hydrogen) atoms. The van der Waals surface area contributed by atoms with Gasteiger partial charge in [0.05, 0.1) is 18.1 Å². The molecule has 0 bridgehead atoms. The Kier molecular flexibility index (Phi) is 5.90. The second-order valence-corrected chi connectivity index (χ2v) is 6.83. The van der Waals surface area contributed by atoms with E-state index < -0.39 is 41.9 Å². The third kappa shape index (κ3) is 4.10. The Hall–Kier alpha value is -2.91. The zero-order chi connectivity index (χ0) is 21.2. The van der Waals surface area contributed by atoms with Gasteiger partial charge < -0.3 is 15.2 Å². The predicted molar refractivity (Wildman–Crippen MR) is 102 cm³/mol. The van der Waals surface area contributed by atoms with Gasteiger partial charge in [-0.05, 0) is 24.6 Å². The van der Waals surface area contributed by atoms with Crippen LogP contribution in [0.1, 0.15) is 29.9 Å². The largest absolute Gasteiger partial charge is 0.390 e. The smallest absolute Gasteiger partial charge is 0.351 e. The van der Waals surface area contributed by atoms with Crippen LogP contribution in [0, 0.1) is 5.92 Å². The number of hydrogen-bond acceptors (Lipinski definition) is 5. The van der Waals surface area contributed by atoms with Gasteiger partial charge in [-0.3, -0.25) is 9.36 Å². The molecule has 1 aromatic carbocycles. The van der Waals surface area contributed by atoms with Gasteiger partial charge in [0.1, 0.15) is 5.82 Å². The molecule has 1 amide bonds. The van der Waals surface area contributed by atoms with Crippen molar-refractivity contribution in [1.29, 1.82) is 0 Å². The Morgan fingerprint density at radius 2 is 2.10 bits per heavy atom. The van der Waals surface area contributed by atoms with E-state index >= 15 is 0 Å². The normalized spacial score (nSPS) is 24.1. The number of hydrogen-bond donors (Lipinski definition) is 2. The van der Waals surface area contributed by atoms with Crippen molar-refractivity contribution in [2.75, 3.05) is 5.32 Å². The van der Waals surface area contributed by atoms with Crippen molar-refractivity contribution in [3.8, 4) is 0 Å². The second-order valence-electron chi connectivity index (χ2n) is 6.83. The van der Waals surface area contributed by atoms with Crippen molar-refractivity contribution in [3.63, 3.8) is 0 Å². The minimum Gasteiger partial charge on any atom is -0.390 e. The van der Waals surface area contributed by atoms with Gasteiger partial charge >= 0.3 is 5.69 Å². The van der Waals surface area contributed by atoms with E-state index in [1.807, 2.05) is 0 Å². The van der Waals surface area contributed by atoms with E-state index in [2.05, 4.69) is 16.9 Å². The number of nitrogens with zero attached hydrogens (tertiary/aromatic N) is 2. The molecular formula is C20H21F2N3O4. The highest BCUT2D eigenvalue weighted by Crippen LogP contribution is 2.47. The van der Waals surface area contributed by atoms with Crippen LogP contribution in [0.5, 0.6) is 0 Å². The highest BCUT2D eigenvalue weighted by molar-refractivity contribution is 6.03. The molecule has 0 radical (unpaired) electrons. The number of anilines is 1. The molecule has 9 heteroatoms. The van der Waals surface area contributed by atoms with E-state index in [0.717, 1.165) is 6.20 Å². The molecule has 154 valence electrons. The number of alkyl halides is 2. The van der Waals surface area contributed by atoms with Crippen molar-refractivity contribution >= 4 is 11.7 Å². The van der Waals surface area contributed by atoms with Crippen LogP contribution in [-0.2, 0) is 4.74 Å². The van der Waals surface area contributed by atoms with Gasteiger partial charge in [0, 0.05) is 11.8 Å². The molecule has 1 aromatic heterocycles. The third-order valence-electron chi connectivity index (χ3n) is 4.86. The lowest BCUT2D eigenvalue weighted by Gasteiger charge is -2.22. The second kappa shape index (κ2) is 8.22. The number of rotatable bonds is 6. The summed E-state index contributed by atoms with van der Waals surface area (Å²) in [5.74, 6) is -5.30. The summed E-state index contributed by atoms with van der Waals surface area (Å²) in [6, 6.07) is 9.51. The van der Waals surface area contributed by atoms with Crippen LogP contribution in [0.2, 0.25) is 0 Å². The molecule has 1 unspecified atom stereocenters. The zero-order valence-corrected chi connectivity index (χ0v) is 15.7. The SMILES string of the molecule is C=CCC(O)[C@H]1O[C@@H](n2ccc(NC(=O)c3ccccc3)nc2=O)C(F)(F)[C@@H]1C. The number of aliphatic hydroxyl groups is 1. The molecule has 2 aromatic rings. The summed E-state index contributed by atoms with van der Waals surface area (Å²) in [5.41, 5.74) is -0.649. The highest BCUT2D eigenvalue weighted by Gasteiger charge is 2.59. The first-order valence-electron chi connectivity index (χ1n) is 9.03. The first-order valence-corrected chi connectivity index (χ1v) is 9.03. The first-order chi connectivity index (χ1) is 13.8. The number of ether oxygens (including phenoxy) is 1. The van der Waals surface area contributed by atoms with Crippen LogP contribution in [-0.4, -0.2) is 38.7 Å². The van der Waals surface area contributed by atoms with Crippen molar-refractivity contribution in [1.82, 2.24) is 9.55 Å². The highest BCUT2D eigenvalue weighted by atomic mass is 19.3. The monoisotopic (exact) mass is 405 g/mol. The third-order valence-corrected chi connectivity index (χ3v) is 4.86. The van der Waals surface area contributed by atoms with Gasteiger partial charge in [0.2, 0.25) is 6.23 Å². The van der Waals surface area contributed by atoms with E-state index in [4.69, 9.17) is 4.74 Å². The summed E-state index contributed by atoms with van der Waals surface area (Å²) in [7, 11) is 0. The summed E-state index contributed by atoms with van der Waals surface area (Å²) < 4.78 is 35.5. The number of benzene rings is 1. The van der Waals surface area contributed by atoms with Gasteiger partial charge in [0.15, 0.2) is 0 Å². The Morgan fingerprint density at radius 3 is 2.72 bits per heavy atom. The maximum atomic E-state index is 14.7. The molecule has 0 aliphatic carbocycles. The number of halogens is 2. The average Bonchev–Trinajstić information content (AvgIpc) is 2.93. The summed E-state index contributed by atoms with van der Waals surface area (Å²) in [6.45, 7) is 4.73. The van der Waals surface area contributed by atoms with E-state index in [-0.39, 0.29) is 12.2 Å². The summed E-state index contributed by atoms with van der Waals surface area (Å²) in [6.07, 6.45) is -1.69. The van der Waals surface area contributed by atoms with Gasteiger partial charge in [-0.15, -0.1) is 6.58 Å². The number of amides is 1. The van der Waals surface area contributed by atoms with E-state index in [0.29, 0.717) is 10.1 Å². The number of aromatic nitrogens is 2. The standard InChI is InChI=1S/C20H21F2N3O4/c1-3-7-14(26)16-12(2)20(21,22)18(29-16)25-11-10-15(24-19(25)28)23-17(27)13-8-5-4-6-9-13/h3-6,8-12,14,16,18,26H,1,7H2,2H3,(H,23,24,27,28)/t12-,14?,16+,18-/m1/s1. The fourth-order valence-electron chi connectivity index (χ4n) is 3.22. The molecule has 4 atom stereocenters. The van der Waals surface area contributed by atoms with Crippen LogP contribution < -0.4 is 11.0 Å². The van der Waals surface area contributed by atoms with Crippen LogP contribution in [0.3, 0.4) is 0 Å². The number of carbonyl (C=O) groups is 1. The molecule has 2 N–H and O–H groups in total. The number of carbonyl (C=O) groups excluding carboxylic acids is 1. The van der Waals surface area contributed by atoms with E-state index in [1.165, 1.54) is 19.1 Å². The molecule has 1 fully saturated rings. The summed E-state index contributed by atoms with van der Waals surface area (Å²) in [5, 5.41) is 12.5. The quantitative estimate of drug-likeness (QED) is 0.721. The number of nitrogens with one attached hydrogen (secondary N) is 1. The Bertz CT molecular complexity index is 948. The van der Waals surface area contributed by atoms with Crippen molar-refractivity contribution in [2.24, 2.45) is 5.92 Å². The molecular weight excluding hydrogens is 384 g/mol. The molecule has 3 rings (SSSR count). The maximum absolute atomic E-state index is 14.7. The molecule has 7 nitrogen and oxygen atoms in total. The first kappa shape index (κ1) is 20.8. The fourth-order valence-corrected chi connectivity index (χ4v) is 3.22. The van der Waals surface area contributed by atoms with Gasteiger partial charge in [0.25, 0.3) is 11.8 Å². The van der Waals surface area contributed by atoms with Gasteiger partial charge in [-0.2, -0.15) is 4.98 Å². The maximum Gasteiger partial charge on any atom is 0.351 e. The lowest BCUT2D eigenvalue weighted by molar-refractivity contribution is -0.130. The van der Waals surface area contributed by atoms with Crippen molar-refractivity contribution in [2.45, 2.75) is 37.7 Å². The lowest BCUT2D eigenvalue weighted by atomic mass is 9.94. The predicted octanol–water partition coefficient (Wildman–Crippen LogP) is 2.60. The molecule has 1 saturated heterocycles.